The third-order valence-electron chi connectivity index (χ3n) is 3.00. The number of rotatable bonds is 7. The van der Waals surface area contributed by atoms with E-state index >= 15 is 0 Å². The van der Waals surface area contributed by atoms with Crippen molar-refractivity contribution >= 4 is 0 Å². The van der Waals surface area contributed by atoms with Crippen LogP contribution in [0.25, 0.3) is 0 Å². The van der Waals surface area contributed by atoms with Gasteiger partial charge in [0.15, 0.2) is 0 Å². The lowest BCUT2D eigenvalue weighted by atomic mass is 10.0. The van der Waals surface area contributed by atoms with Crippen LogP contribution in [-0.2, 0) is 0 Å². The Hall–Kier alpha value is -0.280. The van der Waals surface area contributed by atoms with Crippen LogP contribution in [-0.4, -0.2) is 82.2 Å². The molecule has 1 fully saturated rings. The fourth-order valence-corrected chi connectivity index (χ4v) is 1.80. The largest absolute Gasteiger partial charge is 0.394 e. The maximum atomic E-state index is 9.61. The summed E-state index contributed by atoms with van der Waals surface area (Å²) in [6.45, 7) is 1.19. The molecular weight excluding hydrogens is 228 g/mol. The predicted octanol–water partition coefficient (Wildman–Crippen LogP) is -3.63. The zero-order valence-corrected chi connectivity index (χ0v) is 9.66. The Balaban J connectivity index is 2.27. The molecule has 0 aliphatic carbocycles. The van der Waals surface area contributed by atoms with E-state index in [1.807, 2.05) is 0 Å². The summed E-state index contributed by atoms with van der Waals surface area (Å²) in [4.78, 5) is 0. The van der Waals surface area contributed by atoms with Crippen molar-refractivity contribution in [2.24, 2.45) is 0 Å². The summed E-state index contributed by atoms with van der Waals surface area (Å²) in [5.41, 5.74) is 0. The molecule has 1 heterocycles. The molecule has 0 amide bonds. The summed E-state index contributed by atoms with van der Waals surface area (Å²) in [7, 11) is 0. The summed E-state index contributed by atoms with van der Waals surface area (Å²) in [6, 6.07) is 0.247. The quantitative estimate of drug-likeness (QED) is 0.249. The first-order valence-corrected chi connectivity index (χ1v) is 5.83. The summed E-state index contributed by atoms with van der Waals surface area (Å²) in [6.07, 6.45) is -4.73. The van der Waals surface area contributed by atoms with Crippen LogP contribution in [0.15, 0.2) is 0 Å². The fraction of sp³-hybridized carbons (Fsp3) is 1.00. The normalized spacial score (nSPS) is 27.7. The van der Waals surface area contributed by atoms with Gasteiger partial charge in [0.1, 0.15) is 18.3 Å². The lowest BCUT2D eigenvalue weighted by molar-refractivity contribution is -0.114. The highest BCUT2D eigenvalue weighted by molar-refractivity contribution is 4.84. The topological polar surface area (TPSA) is 125 Å². The lowest BCUT2D eigenvalue weighted by Crippen LogP contribution is -2.50. The van der Waals surface area contributed by atoms with Crippen molar-refractivity contribution in [3.63, 3.8) is 0 Å². The Morgan fingerprint density at radius 1 is 1.12 bits per heavy atom. The number of aliphatic hydroxyl groups is 5. The molecule has 0 saturated carbocycles. The van der Waals surface area contributed by atoms with Crippen molar-refractivity contribution in [2.45, 2.75) is 36.9 Å². The van der Waals surface area contributed by atoms with Crippen LogP contribution in [0.2, 0.25) is 0 Å². The van der Waals surface area contributed by atoms with Crippen LogP contribution in [0.3, 0.4) is 0 Å². The number of hydrogen-bond donors (Lipinski definition) is 7. The molecule has 1 aliphatic heterocycles. The van der Waals surface area contributed by atoms with E-state index < -0.39 is 31.0 Å². The monoisotopic (exact) mass is 250 g/mol. The molecule has 0 spiro atoms. The van der Waals surface area contributed by atoms with Gasteiger partial charge in [-0.2, -0.15) is 0 Å². The highest BCUT2D eigenvalue weighted by atomic mass is 16.4. The van der Waals surface area contributed by atoms with Crippen LogP contribution >= 0.6 is 0 Å². The smallest absolute Gasteiger partial charge is 0.111 e. The van der Waals surface area contributed by atoms with E-state index in [0.29, 0.717) is 0 Å². The van der Waals surface area contributed by atoms with E-state index in [9.17, 15) is 15.3 Å². The van der Waals surface area contributed by atoms with Crippen molar-refractivity contribution in [3.05, 3.63) is 0 Å². The van der Waals surface area contributed by atoms with Crippen LogP contribution in [0.4, 0.5) is 0 Å². The molecule has 17 heavy (non-hydrogen) atoms. The molecule has 7 nitrogen and oxygen atoms in total. The van der Waals surface area contributed by atoms with Crippen molar-refractivity contribution < 1.29 is 25.5 Å². The third kappa shape index (κ3) is 4.47. The van der Waals surface area contributed by atoms with Crippen LogP contribution in [0.1, 0.15) is 6.42 Å². The van der Waals surface area contributed by atoms with Crippen molar-refractivity contribution in [2.75, 3.05) is 26.2 Å². The van der Waals surface area contributed by atoms with Crippen molar-refractivity contribution in [3.8, 4) is 0 Å². The maximum Gasteiger partial charge on any atom is 0.111 e. The summed E-state index contributed by atoms with van der Waals surface area (Å²) in [5.74, 6) is 0. The minimum absolute atomic E-state index is 0.128. The lowest BCUT2D eigenvalue weighted by Gasteiger charge is -2.26. The first kappa shape index (κ1) is 14.8. The number of nitrogens with one attached hydrogen (secondary N) is 2. The number of aliphatic hydroxyl groups excluding tert-OH is 5. The molecule has 1 aliphatic rings. The zero-order chi connectivity index (χ0) is 12.8. The fourth-order valence-electron chi connectivity index (χ4n) is 1.80. The Labute approximate surface area is 100 Å². The molecule has 0 bridgehead atoms. The van der Waals surface area contributed by atoms with Crippen LogP contribution < -0.4 is 10.6 Å². The third-order valence-corrected chi connectivity index (χ3v) is 3.00. The Bertz CT molecular complexity index is 213. The first-order valence-electron chi connectivity index (χ1n) is 5.83. The van der Waals surface area contributed by atoms with Crippen molar-refractivity contribution in [1.82, 2.24) is 10.6 Å². The minimum atomic E-state index is -1.56. The molecule has 102 valence electrons. The van der Waals surface area contributed by atoms with Gasteiger partial charge in [-0.25, -0.2) is 0 Å². The van der Waals surface area contributed by atoms with Gasteiger partial charge in [-0.1, -0.05) is 0 Å². The van der Waals surface area contributed by atoms with E-state index in [2.05, 4.69) is 10.6 Å². The molecule has 1 rings (SSSR count). The molecular formula is C10H22N2O5. The second kappa shape index (κ2) is 7.22. The molecule has 0 aromatic carbocycles. The second-order valence-electron chi connectivity index (χ2n) is 4.40. The van der Waals surface area contributed by atoms with E-state index in [1.54, 1.807) is 0 Å². The standard InChI is InChI=1S/C10H22N2O5/c13-5-8(15)10(17)9(16)7(14)4-12-6-1-2-11-3-6/h6-17H,1-5H2/t6?,7-,8-,9-,10-/m1/s1. The first-order chi connectivity index (χ1) is 8.06. The van der Waals surface area contributed by atoms with E-state index in [0.717, 1.165) is 19.5 Å². The minimum Gasteiger partial charge on any atom is -0.394 e. The maximum absolute atomic E-state index is 9.61. The van der Waals surface area contributed by atoms with Crippen molar-refractivity contribution in [1.29, 1.82) is 0 Å². The average molecular weight is 250 g/mol. The Morgan fingerprint density at radius 2 is 1.76 bits per heavy atom. The average Bonchev–Trinajstić information content (AvgIpc) is 2.86. The highest BCUT2D eigenvalue weighted by Crippen LogP contribution is 2.05. The molecule has 1 unspecified atom stereocenters. The van der Waals surface area contributed by atoms with Crippen LogP contribution in [0.5, 0.6) is 0 Å². The van der Waals surface area contributed by atoms with Gasteiger partial charge in [0.2, 0.25) is 0 Å². The summed E-state index contributed by atoms with van der Waals surface area (Å²) < 4.78 is 0. The second-order valence-corrected chi connectivity index (χ2v) is 4.40. The Morgan fingerprint density at radius 3 is 2.29 bits per heavy atom. The molecule has 1 saturated heterocycles. The molecule has 7 N–H and O–H groups in total. The molecule has 0 aromatic heterocycles. The van der Waals surface area contributed by atoms with E-state index in [1.165, 1.54) is 0 Å². The van der Waals surface area contributed by atoms with Gasteiger partial charge in [0.05, 0.1) is 12.7 Å². The predicted molar refractivity (Wildman–Crippen MR) is 60.4 cm³/mol. The molecule has 7 heteroatoms. The molecule has 0 radical (unpaired) electrons. The molecule has 0 aromatic rings. The van der Waals surface area contributed by atoms with Gasteiger partial charge in [-0.05, 0) is 13.0 Å². The van der Waals surface area contributed by atoms with E-state index in [4.69, 9.17) is 10.2 Å². The SMILES string of the molecule is OC[C@@H](O)[C@@H](O)[C@H](O)[C@H](O)CNC1CCNC1. The van der Waals surface area contributed by atoms with Gasteiger partial charge in [0.25, 0.3) is 0 Å². The van der Waals surface area contributed by atoms with Crippen LogP contribution in [0, 0.1) is 0 Å². The van der Waals surface area contributed by atoms with Gasteiger partial charge in [0, 0.05) is 19.1 Å². The molecule has 5 atom stereocenters. The van der Waals surface area contributed by atoms with Gasteiger partial charge >= 0.3 is 0 Å². The van der Waals surface area contributed by atoms with Gasteiger partial charge in [-0.15, -0.1) is 0 Å². The van der Waals surface area contributed by atoms with E-state index in [-0.39, 0.29) is 12.6 Å². The Kier molecular flexibility index (Phi) is 6.28. The highest BCUT2D eigenvalue weighted by Gasteiger charge is 2.30. The van der Waals surface area contributed by atoms with Gasteiger partial charge in [-0.3, -0.25) is 0 Å². The zero-order valence-electron chi connectivity index (χ0n) is 9.66. The van der Waals surface area contributed by atoms with Gasteiger partial charge < -0.3 is 36.2 Å². The number of hydrogen-bond acceptors (Lipinski definition) is 7. The summed E-state index contributed by atoms with van der Waals surface area (Å²) >= 11 is 0. The summed E-state index contributed by atoms with van der Waals surface area (Å²) in [5, 5.41) is 52.5.